The SMILES string of the molecule is CC(=O)C1C=Nc2ccccc2C1=O. The predicted octanol–water partition coefficient (Wildman–Crippen LogP) is 1.79. The Kier molecular flexibility index (Phi) is 2.00. The number of hydrogen-bond acceptors (Lipinski definition) is 3. The molecule has 70 valence electrons. The summed E-state index contributed by atoms with van der Waals surface area (Å²) in [6, 6.07) is 7.05. The Morgan fingerprint density at radius 2 is 2.07 bits per heavy atom. The summed E-state index contributed by atoms with van der Waals surface area (Å²) in [7, 11) is 0. The van der Waals surface area contributed by atoms with E-state index < -0.39 is 5.92 Å². The molecule has 2 rings (SSSR count). The number of aliphatic imine (C=N–C) groups is 1. The van der Waals surface area contributed by atoms with Crippen LogP contribution in [0.15, 0.2) is 29.3 Å². The van der Waals surface area contributed by atoms with Crippen LogP contribution in [0.3, 0.4) is 0 Å². The normalized spacial score (nSPS) is 19.2. The third kappa shape index (κ3) is 1.27. The first-order chi connectivity index (χ1) is 6.70. The Labute approximate surface area is 81.5 Å². The van der Waals surface area contributed by atoms with Crippen molar-refractivity contribution in [2.24, 2.45) is 10.9 Å². The van der Waals surface area contributed by atoms with Crippen LogP contribution in [0.1, 0.15) is 17.3 Å². The fourth-order valence-electron chi connectivity index (χ4n) is 1.47. The van der Waals surface area contributed by atoms with E-state index in [-0.39, 0.29) is 11.6 Å². The van der Waals surface area contributed by atoms with Crippen LogP contribution >= 0.6 is 0 Å². The van der Waals surface area contributed by atoms with Gasteiger partial charge < -0.3 is 0 Å². The quantitative estimate of drug-likeness (QED) is 0.629. The first-order valence-electron chi connectivity index (χ1n) is 4.38. The number of carbonyl (C=O) groups excluding carboxylic acids is 2. The highest BCUT2D eigenvalue weighted by Crippen LogP contribution is 2.25. The van der Waals surface area contributed by atoms with Crippen molar-refractivity contribution in [2.75, 3.05) is 0 Å². The Morgan fingerprint density at radius 1 is 1.36 bits per heavy atom. The number of hydrogen-bond donors (Lipinski definition) is 0. The first kappa shape index (κ1) is 8.81. The molecule has 0 bridgehead atoms. The van der Waals surface area contributed by atoms with E-state index in [2.05, 4.69) is 4.99 Å². The van der Waals surface area contributed by atoms with Crippen molar-refractivity contribution >= 4 is 23.5 Å². The molecule has 1 heterocycles. The summed E-state index contributed by atoms with van der Waals surface area (Å²) in [4.78, 5) is 26.9. The maximum atomic E-state index is 11.7. The molecule has 0 saturated carbocycles. The van der Waals surface area contributed by atoms with Crippen LogP contribution in [0.25, 0.3) is 0 Å². The van der Waals surface area contributed by atoms with Gasteiger partial charge in [-0.05, 0) is 19.1 Å². The number of carbonyl (C=O) groups is 2. The Morgan fingerprint density at radius 3 is 2.79 bits per heavy atom. The highest BCUT2D eigenvalue weighted by molar-refractivity contribution is 6.23. The van der Waals surface area contributed by atoms with Crippen LogP contribution < -0.4 is 0 Å². The second-order valence-corrected chi connectivity index (χ2v) is 3.25. The molecule has 3 heteroatoms. The van der Waals surface area contributed by atoms with Crippen LogP contribution in [-0.4, -0.2) is 17.8 Å². The van der Waals surface area contributed by atoms with E-state index in [1.165, 1.54) is 13.1 Å². The Bertz CT molecular complexity index is 435. The van der Waals surface area contributed by atoms with Crippen molar-refractivity contribution in [1.29, 1.82) is 0 Å². The first-order valence-corrected chi connectivity index (χ1v) is 4.38. The van der Waals surface area contributed by atoms with E-state index in [9.17, 15) is 9.59 Å². The maximum absolute atomic E-state index is 11.7. The van der Waals surface area contributed by atoms with Crippen molar-refractivity contribution in [3.8, 4) is 0 Å². The molecule has 3 nitrogen and oxygen atoms in total. The van der Waals surface area contributed by atoms with Crippen molar-refractivity contribution in [3.05, 3.63) is 29.8 Å². The van der Waals surface area contributed by atoms with Crippen molar-refractivity contribution in [1.82, 2.24) is 0 Å². The van der Waals surface area contributed by atoms with Gasteiger partial charge in [0.25, 0.3) is 0 Å². The van der Waals surface area contributed by atoms with Gasteiger partial charge in [0, 0.05) is 11.8 Å². The standard InChI is InChI=1S/C11H9NO2/c1-7(13)9-6-12-10-5-3-2-4-8(10)11(9)14/h2-6,9H,1H3. The molecule has 0 fully saturated rings. The fourth-order valence-corrected chi connectivity index (χ4v) is 1.47. The van der Waals surface area contributed by atoms with Crippen molar-refractivity contribution in [3.63, 3.8) is 0 Å². The van der Waals surface area contributed by atoms with Gasteiger partial charge in [-0.1, -0.05) is 12.1 Å². The third-order valence-electron chi connectivity index (χ3n) is 2.25. The molecule has 1 aromatic carbocycles. The van der Waals surface area contributed by atoms with Crippen LogP contribution in [0.2, 0.25) is 0 Å². The monoisotopic (exact) mass is 187 g/mol. The summed E-state index contributed by atoms with van der Waals surface area (Å²) < 4.78 is 0. The average Bonchev–Trinajstić information content (AvgIpc) is 2.18. The second kappa shape index (κ2) is 3.18. The summed E-state index contributed by atoms with van der Waals surface area (Å²) in [5, 5.41) is 0. The lowest BCUT2D eigenvalue weighted by Gasteiger charge is -2.14. The summed E-state index contributed by atoms with van der Waals surface area (Å²) in [6.07, 6.45) is 1.42. The van der Waals surface area contributed by atoms with Gasteiger partial charge in [-0.15, -0.1) is 0 Å². The number of nitrogens with zero attached hydrogens (tertiary/aromatic N) is 1. The largest absolute Gasteiger partial charge is 0.299 e. The van der Waals surface area contributed by atoms with E-state index in [1.807, 2.05) is 6.07 Å². The van der Waals surface area contributed by atoms with E-state index in [4.69, 9.17) is 0 Å². The smallest absolute Gasteiger partial charge is 0.180 e. The lowest BCUT2D eigenvalue weighted by molar-refractivity contribution is -0.117. The zero-order chi connectivity index (χ0) is 10.1. The Balaban J connectivity index is 2.50. The van der Waals surface area contributed by atoms with Gasteiger partial charge in [0.1, 0.15) is 11.7 Å². The van der Waals surface area contributed by atoms with Gasteiger partial charge in [0.05, 0.1) is 5.69 Å². The predicted molar refractivity (Wildman–Crippen MR) is 53.1 cm³/mol. The zero-order valence-corrected chi connectivity index (χ0v) is 7.73. The highest BCUT2D eigenvalue weighted by atomic mass is 16.1. The Hall–Kier alpha value is -1.77. The number of ketones is 2. The minimum Gasteiger partial charge on any atom is -0.299 e. The number of benzene rings is 1. The number of Topliss-reactive ketones (excluding diaryl/α,β-unsaturated/α-hetero) is 2. The van der Waals surface area contributed by atoms with Crippen LogP contribution in [-0.2, 0) is 4.79 Å². The molecular formula is C11H9NO2. The molecule has 0 N–H and O–H groups in total. The van der Waals surface area contributed by atoms with Gasteiger partial charge >= 0.3 is 0 Å². The minimum atomic E-state index is -0.690. The molecule has 1 unspecified atom stereocenters. The number of rotatable bonds is 1. The summed E-state index contributed by atoms with van der Waals surface area (Å²) >= 11 is 0. The molecule has 0 spiro atoms. The van der Waals surface area contributed by atoms with E-state index in [0.29, 0.717) is 11.3 Å². The van der Waals surface area contributed by atoms with Crippen LogP contribution in [0.5, 0.6) is 0 Å². The lowest BCUT2D eigenvalue weighted by Crippen LogP contribution is -2.25. The van der Waals surface area contributed by atoms with Crippen LogP contribution in [0.4, 0.5) is 5.69 Å². The van der Waals surface area contributed by atoms with Gasteiger partial charge in [-0.25, -0.2) is 0 Å². The topological polar surface area (TPSA) is 46.5 Å². The van der Waals surface area contributed by atoms with E-state index >= 15 is 0 Å². The second-order valence-electron chi connectivity index (χ2n) is 3.25. The fraction of sp³-hybridized carbons (Fsp3) is 0.182. The zero-order valence-electron chi connectivity index (χ0n) is 7.73. The van der Waals surface area contributed by atoms with Gasteiger partial charge in [0.15, 0.2) is 5.78 Å². The molecule has 0 amide bonds. The molecule has 0 radical (unpaired) electrons. The highest BCUT2D eigenvalue weighted by Gasteiger charge is 2.27. The average molecular weight is 187 g/mol. The molecule has 0 saturated heterocycles. The van der Waals surface area contributed by atoms with Gasteiger partial charge in [-0.3, -0.25) is 14.6 Å². The summed E-state index contributed by atoms with van der Waals surface area (Å²) in [6.45, 7) is 1.41. The minimum absolute atomic E-state index is 0.150. The molecular weight excluding hydrogens is 178 g/mol. The summed E-state index contributed by atoms with van der Waals surface area (Å²) in [5.41, 5.74) is 1.19. The lowest BCUT2D eigenvalue weighted by atomic mass is 9.92. The summed E-state index contributed by atoms with van der Waals surface area (Å²) in [5.74, 6) is -0.999. The molecule has 0 aromatic heterocycles. The molecule has 1 aliphatic rings. The van der Waals surface area contributed by atoms with Gasteiger partial charge in [-0.2, -0.15) is 0 Å². The third-order valence-corrected chi connectivity index (χ3v) is 2.25. The number of fused-ring (bicyclic) bond motifs is 1. The van der Waals surface area contributed by atoms with E-state index in [1.54, 1.807) is 18.2 Å². The van der Waals surface area contributed by atoms with Crippen molar-refractivity contribution < 1.29 is 9.59 Å². The van der Waals surface area contributed by atoms with Crippen molar-refractivity contribution in [2.45, 2.75) is 6.92 Å². The maximum Gasteiger partial charge on any atom is 0.180 e. The number of para-hydroxylation sites is 1. The molecule has 1 atom stereocenters. The van der Waals surface area contributed by atoms with E-state index in [0.717, 1.165) is 0 Å². The molecule has 1 aliphatic heterocycles. The molecule has 14 heavy (non-hydrogen) atoms. The molecule has 1 aromatic rings. The van der Waals surface area contributed by atoms with Gasteiger partial charge in [0.2, 0.25) is 0 Å². The molecule has 0 aliphatic carbocycles. The van der Waals surface area contributed by atoms with Crippen LogP contribution in [0, 0.1) is 5.92 Å².